The van der Waals surface area contributed by atoms with Gasteiger partial charge in [-0.05, 0) is 48.1 Å². The summed E-state index contributed by atoms with van der Waals surface area (Å²) in [6, 6.07) is 11.0. The lowest BCUT2D eigenvalue weighted by molar-refractivity contribution is 0.548. The minimum Gasteiger partial charge on any atom is -0.323 e. The third-order valence-corrected chi connectivity index (χ3v) is 5.46. The molecule has 0 amide bonds. The van der Waals surface area contributed by atoms with Crippen LogP contribution in [0.15, 0.2) is 42.6 Å². The van der Waals surface area contributed by atoms with Gasteiger partial charge in [0.1, 0.15) is 5.82 Å². The molecule has 4 rings (SSSR count). The topological polar surface area (TPSA) is 38.9 Å². The quantitative estimate of drug-likeness (QED) is 0.771. The highest BCUT2D eigenvalue weighted by molar-refractivity contribution is 7.19. The van der Waals surface area contributed by atoms with E-state index in [1.165, 1.54) is 11.6 Å². The number of aromatic nitrogens is 1. The van der Waals surface area contributed by atoms with Crippen molar-refractivity contribution in [3.05, 3.63) is 64.5 Å². The molecule has 106 valence electrons. The fourth-order valence-corrected chi connectivity index (χ4v) is 4.34. The number of thiophene rings is 1. The number of rotatable bonds is 2. The van der Waals surface area contributed by atoms with Crippen molar-refractivity contribution < 1.29 is 4.39 Å². The molecular weight excluding hydrogens is 283 g/mol. The normalized spacial score (nSPS) is 18.9. The summed E-state index contributed by atoms with van der Waals surface area (Å²) in [6.45, 7) is 0. The maximum Gasteiger partial charge on any atom is 0.124 e. The fourth-order valence-electron chi connectivity index (χ4n) is 3.18. The highest BCUT2D eigenvalue weighted by Crippen LogP contribution is 2.42. The second-order valence-electron chi connectivity index (χ2n) is 5.55. The van der Waals surface area contributed by atoms with Crippen LogP contribution in [0, 0.1) is 5.82 Å². The van der Waals surface area contributed by atoms with Crippen molar-refractivity contribution in [2.75, 3.05) is 0 Å². The first kappa shape index (κ1) is 12.9. The lowest BCUT2D eigenvalue weighted by Crippen LogP contribution is -2.17. The van der Waals surface area contributed by atoms with Crippen LogP contribution in [-0.4, -0.2) is 4.98 Å². The Kier molecular flexibility index (Phi) is 3.01. The molecule has 1 aliphatic rings. The van der Waals surface area contributed by atoms with E-state index >= 15 is 0 Å². The summed E-state index contributed by atoms with van der Waals surface area (Å²) in [4.78, 5) is 5.63. The molecule has 0 bridgehead atoms. The molecule has 2 aromatic heterocycles. The van der Waals surface area contributed by atoms with Crippen LogP contribution < -0.4 is 5.73 Å². The van der Waals surface area contributed by atoms with Crippen LogP contribution in [0.4, 0.5) is 4.39 Å². The highest BCUT2D eigenvalue weighted by atomic mass is 32.1. The lowest BCUT2D eigenvalue weighted by Gasteiger charge is -2.18. The number of aryl methyl sites for hydroxylation is 1. The van der Waals surface area contributed by atoms with E-state index in [0.29, 0.717) is 0 Å². The summed E-state index contributed by atoms with van der Waals surface area (Å²) in [5, 5.41) is 1.06. The Labute approximate surface area is 126 Å². The zero-order valence-corrected chi connectivity index (χ0v) is 12.2. The second-order valence-corrected chi connectivity index (χ2v) is 6.66. The first-order chi connectivity index (χ1) is 10.2. The number of fused-ring (bicyclic) bond motifs is 2. The minimum atomic E-state index is -0.197. The molecule has 1 aromatic carbocycles. The minimum absolute atomic E-state index is 0.0680. The van der Waals surface area contributed by atoms with Crippen LogP contribution in [-0.2, 0) is 6.42 Å². The first-order valence-corrected chi connectivity index (χ1v) is 7.92. The van der Waals surface area contributed by atoms with Gasteiger partial charge in [0.15, 0.2) is 0 Å². The summed E-state index contributed by atoms with van der Waals surface area (Å²) in [7, 11) is 0. The molecule has 2 nitrogen and oxygen atoms in total. The monoisotopic (exact) mass is 298 g/mol. The van der Waals surface area contributed by atoms with Gasteiger partial charge in [-0.1, -0.05) is 12.1 Å². The van der Waals surface area contributed by atoms with Crippen LogP contribution in [0.3, 0.4) is 0 Å². The third-order valence-electron chi connectivity index (χ3n) is 4.27. The summed E-state index contributed by atoms with van der Waals surface area (Å²) in [5.74, 6) is 0.0662. The van der Waals surface area contributed by atoms with Crippen LogP contribution in [0.2, 0.25) is 0 Å². The number of halogens is 1. The maximum atomic E-state index is 13.3. The van der Waals surface area contributed by atoms with Gasteiger partial charge in [-0.2, -0.15) is 0 Å². The number of pyridine rings is 1. The average molecular weight is 298 g/mol. The van der Waals surface area contributed by atoms with Gasteiger partial charge in [0, 0.05) is 33.4 Å². The molecule has 0 spiro atoms. The Bertz CT molecular complexity index is 811. The van der Waals surface area contributed by atoms with Crippen molar-refractivity contribution in [3.8, 4) is 0 Å². The molecule has 0 radical (unpaired) electrons. The summed E-state index contributed by atoms with van der Waals surface area (Å²) in [5.41, 5.74) is 8.94. The Morgan fingerprint density at radius 1 is 1.29 bits per heavy atom. The summed E-state index contributed by atoms with van der Waals surface area (Å²) in [6.07, 6.45) is 3.92. The van der Waals surface area contributed by atoms with E-state index in [0.717, 1.165) is 33.5 Å². The Morgan fingerprint density at radius 2 is 2.19 bits per heavy atom. The van der Waals surface area contributed by atoms with E-state index in [2.05, 4.69) is 17.1 Å². The predicted molar refractivity (Wildman–Crippen MR) is 84.0 cm³/mol. The van der Waals surface area contributed by atoms with E-state index in [9.17, 15) is 4.39 Å². The van der Waals surface area contributed by atoms with Gasteiger partial charge >= 0.3 is 0 Å². The molecule has 0 aliphatic heterocycles. The second kappa shape index (κ2) is 4.90. The molecule has 2 heterocycles. The average Bonchev–Trinajstić information content (AvgIpc) is 3.09. The van der Waals surface area contributed by atoms with Gasteiger partial charge in [-0.15, -0.1) is 11.3 Å². The SMILES string of the molecule is NC(c1cc2ccc(F)cc2s1)C1CCc2cccnc21. The number of nitrogens with two attached hydrogens (primary N) is 1. The zero-order valence-electron chi connectivity index (χ0n) is 11.4. The predicted octanol–water partition coefficient (Wildman–Crippen LogP) is 4.17. The van der Waals surface area contributed by atoms with Crippen molar-refractivity contribution >= 4 is 21.4 Å². The number of benzene rings is 1. The maximum absolute atomic E-state index is 13.3. The van der Waals surface area contributed by atoms with Crippen LogP contribution in [0.1, 0.15) is 34.5 Å². The fraction of sp³-hybridized carbons (Fsp3) is 0.235. The molecule has 1 aliphatic carbocycles. The molecule has 0 fully saturated rings. The van der Waals surface area contributed by atoms with Crippen molar-refractivity contribution in [3.63, 3.8) is 0 Å². The third kappa shape index (κ3) is 2.15. The molecule has 2 N–H and O–H groups in total. The van der Waals surface area contributed by atoms with Crippen molar-refractivity contribution in [1.82, 2.24) is 4.98 Å². The van der Waals surface area contributed by atoms with Crippen LogP contribution >= 0.6 is 11.3 Å². The van der Waals surface area contributed by atoms with E-state index in [1.54, 1.807) is 17.4 Å². The van der Waals surface area contributed by atoms with E-state index in [-0.39, 0.29) is 17.8 Å². The Morgan fingerprint density at radius 3 is 3.10 bits per heavy atom. The molecule has 21 heavy (non-hydrogen) atoms. The van der Waals surface area contributed by atoms with E-state index in [1.807, 2.05) is 18.3 Å². The van der Waals surface area contributed by atoms with Gasteiger partial charge in [-0.3, -0.25) is 4.98 Å². The molecule has 3 aromatic rings. The number of hydrogen-bond donors (Lipinski definition) is 1. The summed E-state index contributed by atoms with van der Waals surface area (Å²) >= 11 is 1.59. The smallest absolute Gasteiger partial charge is 0.124 e. The Hall–Kier alpha value is -1.78. The standard InChI is InChI=1S/C17H15FN2S/c18-12-5-3-11-8-15(21-14(11)9-12)16(19)13-6-4-10-2-1-7-20-17(10)13/h1-3,5,7-9,13,16H,4,6,19H2. The van der Waals surface area contributed by atoms with Gasteiger partial charge in [-0.25, -0.2) is 4.39 Å². The van der Waals surface area contributed by atoms with Crippen molar-refractivity contribution in [2.45, 2.75) is 24.8 Å². The van der Waals surface area contributed by atoms with Crippen molar-refractivity contribution in [1.29, 1.82) is 0 Å². The van der Waals surface area contributed by atoms with Gasteiger partial charge < -0.3 is 5.73 Å². The van der Waals surface area contributed by atoms with Crippen LogP contribution in [0.5, 0.6) is 0 Å². The molecular formula is C17H15FN2S. The molecule has 2 atom stereocenters. The highest BCUT2D eigenvalue weighted by Gasteiger charge is 2.30. The van der Waals surface area contributed by atoms with E-state index < -0.39 is 0 Å². The molecule has 2 unspecified atom stereocenters. The zero-order chi connectivity index (χ0) is 14.4. The largest absolute Gasteiger partial charge is 0.323 e. The van der Waals surface area contributed by atoms with Crippen LogP contribution in [0.25, 0.3) is 10.1 Å². The van der Waals surface area contributed by atoms with E-state index in [4.69, 9.17) is 5.73 Å². The first-order valence-electron chi connectivity index (χ1n) is 7.11. The van der Waals surface area contributed by atoms with Gasteiger partial charge in [0.2, 0.25) is 0 Å². The van der Waals surface area contributed by atoms with Gasteiger partial charge in [0.25, 0.3) is 0 Å². The Balaban J connectivity index is 1.72. The molecule has 0 saturated carbocycles. The molecule has 4 heteroatoms. The van der Waals surface area contributed by atoms with Crippen molar-refractivity contribution in [2.24, 2.45) is 5.73 Å². The van der Waals surface area contributed by atoms with Gasteiger partial charge in [0.05, 0.1) is 0 Å². The number of hydrogen-bond acceptors (Lipinski definition) is 3. The molecule has 0 saturated heterocycles. The summed E-state index contributed by atoms with van der Waals surface area (Å²) < 4.78 is 14.3. The lowest BCUT2D eigenvalue weighted by atomic mass is 9.96. The number of nitrogens with zero attached hydrogens (tertiary/aromatic N) is 1.